The van der Waals surface area contributed by atoms with Crippen LogP contribution in [0.25, 0.3) is 28.2 Å². The minimum atomic E-state index is -0.921. The first-order valence-corrected chi connectivity index (χ1v) is 13.7. The normalized spacial score (nSPS) is 12.1. The molecule has 2 aromatic heterocycles. The highest BCUT2D eigenvalue weighted by Crippen LogP contribution is 2.30. The number of phenolic OH excluding ortho intramolecular Hbond substituents is 1. The largest absolute Gasteiger partial charge is 0.508 e. The molecule has 0 aliphatic rings. The lowest BCUT2D eigenvalue weighted by Crippen LogP contribution is -2.45. The Balaban J connectivity index is 1.48. The monoisotopic (exact) mass is 559 g/mol. The van der Waals surface area contributed by atoms with E-state index in [2.05, 4.69) is 43.2 Å². The van der Waals surface area contributed by atoms with Crippen LogP contribution in [0.15, 0.2) is 103 Å². The van der Waals surface area contributed by atoms with E-state index in [4.69, 9.17) is 10.8 Å². The summed E-state index contributed by atoms with van der Waals surface area (Å²) < 4.78 is 1.87. The fourth-order valence-electron chi connectivity index (χ4n) is 4.70. The lowest BCUT2D eigenvalue weighted by molar-refractivity contribution is -0.119. The predicted octanol–water partition coefficient (Wildman–Crippen LogP) is 5.43. The van der Waals surface area contributed by atoms with Crippen LogP contribution >= 0.6 is 0 Å². The summed E-state index contributed by atoms with van der Waals surface area (Å²) in [6, 6.07) is 26.8. The Morgan fingerprint density at radius 1 is 0.905 bits per heavy atom. The van der Waals surface area contributed by atoms with Crippen LogP contribution in [0, 0.1) is 0 Å². The molecule has 0 aliphatic heterocycles. The van der Waals surface area contributed by atoms with Crippen LogP contribution in [0.4, 0.5) is 0 Å². The molecule has 3 aromatic carbocycles. The van der Waals surface area contributed by atoms with Gasteiger partial charge in [0.1, 0.15) is 11.8 Å². The van der Waals surface area contributed by atoms with E-state index in [1.807, 2.05) is 41.1 Å². The maximum atomic E-state index is 13.3. The Hall–Kier alpha value is -5.24. The molecule has 0 bridgehead atoms. The van der Waals surface area contributed by atoms with Crippen molar-refractivity contribution in [2.75, 3.05) is 0 Å². The number of primary amides is 1. The first-order valence-electron chi connectivity index (χ1n) is 13.7. The molecule has 8 nitrogen and oxygen atoms in total. The number of aromatic hydroxyl groups is 1. The second-order valence-corrected chi connectivity index (χ2v) is 11.2. The topological polar surface area (TPSA) is 123 Å². The summed E-state index contributed by atoms with van der Waals surface area (Å²) >= 11 is 0. The van der Waals surface area contributed by atoms with Crippen molar-refractivity contribution in [3.05, 3.63) is 120 Å². The summed E-state index contributed by atoms with van der Waals surface area (Å²) in [6.45, 7) is 6.52. The van der Waals surface area contributed by atoms with Crippen molar-refractivity contribution >= 4 is 11.8 Å². The highest BCUT2D eigenvalue weighted by molar-refractivity contribution is 5.98. The van der Waals surface area contributed by atoms with Gasteiger partial charge in [0, 0.05) is 35.5 Å². The van der Waals surface area contributed by atoms with Gasteiger partial charge in [-0.2, -0.15) is 5.10 Å². The number of nitrogens with zero attached hydrogens (tertiary/aromatic N) is 3. The summed E-state index contributed by atoms with van der Waals surface area (Å²) in [5, 5.41) is 17.2. The van der Waals surface area contributed by atoms with Crippen LogP contribution in [0.5, 0.6) is 5.75 Å². The molecule has 42 heavy (non-hydrogen) atoms. The maximum Gasteiger partial charge on any atom is 0.251 e. The average Bonchev–Trinajstić information content (AvgIpc) is 3.44. The quantitative estimate of drug-likeness (QED) is 0.234. The van der Waals surface area contributed by atoms with Gasteiger partial charge in [0.05, 0.1) is 17.1 Å². The molecule has 5 rings (SSSR count). The molecule has 0 radical (unpaired) electrons. The molecule has 8 heteroatoms. The number of amides is 2. The number of nitrogens with two attached hydrogens (primary N) is 1. The van der Waals surface area contributed by atoms with Gasteiger partial charge >= 0.3 is 0 Å². The molecular formula is C34H33N5O3. The zero-order valence-electron chi connectivity index (χ0n) is 23.8. The lowest BCUT2D eigenvalue weighted by Gasteiger charge is -2.19. The molecule has 212 valence electrons. The molecule has 0 spiro atoms. The van der Waals surface area contributed by atoms with Crippen LogP contribution in [-0.2, 0) is 16.6 Å². The van der Waals surface area contributed by atoms with E-state index in [0.29, 0.717) is 5.56 Å². The molecule has 0 fully saturated rings. The molecule has 1 atom stereocenters. The first-order chi connectivity index (χ1) is 20.1. The van der Waals surface area contributed by atoms with Crippen LogP contribution in [0.3, 0.4) is 0 Å². The molecule has 2 heterocycles. The van der Waals surface area contributed by atoms with Gasteiger partial charge in [0.2, 0.25) is 5.91 Å². The van der Waals surface area contributed by atoms with Gasteiger partial charge in [-0.15, -0.1) is 0 Å². The first kappa shape index (κ1) is 28.3. The number of pyridine rings is 1. The van der Waals surface area contributed by atoms with Gasteiger partial charge in [-0.25, -0.2) is 4.68 Å². The van der Waals surface area contributed by atoms with Gasteiger partial charge in [0.25, 0.3) is 5.91 Å². The Bertz CT molecular complexity index is 1700. The predicted molar refractivity (Wildman–Crippen MR) is 163 cm³/mol. The number of carbonyl (C=O) groups is 2. The number of hydrogen-bond acceptors (Lipinski definition) is 5. The average molecular weight is 560 g/mol. The van der Waals surface area contributed by atoms with Gasteiger partial charge in [0.15, 0.2) is 0 Å². The summed E-state index contributed by atoms with van der Waals surface area (Å²) in [5.41, 5.74) is 12.1. The number of rotatable bonds is 8. The van der Waals surface area contributed by atoms with Gasteiger partial charge in [-0.3, -0.25) is 14.6 Å². The van der Waals surface area contributed by atoms with Gasteiger partial charge < -0.3 is 16.2 Å². The summed E-state index contributed by atoms with van der Waals surface area (Å²) in [7, 11) is 0. The lowest BCUT2D eigenvalue weighted by atomic mass is 9.87. The number of carbonyl (C=O) groups excluding carboxylic acids is 2. The van der Waals surface area contributed by atoms with Crippen molar-refractivity contribution in [1.29, 1.82) is 0 Å². The third-order valence-electron chi connectivity index (χ3n) is 7.11. The highest BCUT2D eigenvalue weighted by Gasteiger charge is 2.21. The van der Waals surface area contributed by atoms with E-state index >= 15 is 0 Å². The van der Waals surface area contributed by atoms with Crippen LogP contribution in [0.1, 0.15) is 42.3 Å². The van der Waals surface area contributed by atoms with Gasteiger partial charge in [-0.05, 0) is 71.1 Å². The number of aromatic nitrogens is 3. The SMILES string of the molecule is CC(C)(C)c1ccc(-n2nc(-c3ccncc3)cc2-c2cccc(C(=O)N[C@@H](Cc3ccc(O)cc3)C(N)=O)c2)cc1. The van der Waals surface area contributed by atoms with Crippen molar-refractivity contribution in [1.82, 2.24) is 20.1 Å². The zero-order chi connectivity index (χ0) is 29.9. The smallest absolute Gasteiger partial charge is 0.251 e. The molecule has 2 amide bonds. The van der Waals surface area contributed by atoms with Crippen molar-refractivity contribution in [3.8, 4) is 34.0 Å². The number of hydrogen-bond donors (Lipinski definition) is 3. The van der Waals surface area contributed by atoms with E-state index in [1.54, 1.807) is 42.7 Å². The van der Waals surface area contributed by atoms with E-state index in [0.717, 1.165) is 33.8 Å². The Kier molecular flexibility index (Phi) is 7.88. The second kappa shape index (κ2) is 11.7. The van der Waals surface area contributed by atoms with Crippen molar-refractivity contribution in [2.24, 2.45) is 5.73 Å². The minimum Gasteiger partial charge on any atom is -0.508 e. The number of nitrogens with one attached hydrogen (secondary N) is 1. The number of benzene rings is 3. The van der Waals surface area contributed by atoms with Crippen LogP contribution in [-0.4, -0.2) is 37.7 Å². The molecule has 5 aromatic rings. The second-order valence-electron chi connectivity index (χ2n) is 11.2. The van der Waals surface area contributed by atoms with Crippen LogP contribution in [0.2, 0.25) is 0 Å². The van der Waals surface area contributed by atoms with E-state index in [9.17, 15) is 14.7 Å². The molecule has 0 saturated heterocycles. The van der Waals surface area contributed by atoms with Crippen LogP contribution < -0.4 is 11.1 Å². The van der Waals surface area contributed by atoms with E-state index in [-0.39, 0.29) is 17.6 Å². The van der Waals surface area contributed by atoms with Crippen molar-refractivity contribution in [3.63, 3.8) is 0 Å². The minimum absolute atomic E-state index is 0.0143. The van der Waals surface area contributed by atoms with E-state index < -0.39 is 17.9 Å². The molecule has 0 aliphatic carbocycles. The summed E-state index contributed by atoms with van der Waals surface area (Å²) in [6.07, 6.45) is 3.66. The van der Waals surface area contributed by atoms with Crippen molar-refractivity contribution < 1.29 is 14.7 Å². The molecular weight excluding hydrogens is 526 g/mol. The third kappa shape index (κ3) is 6.39. The standard InChI is InChI=1S/C34H33N5O3/c1-34(2,3)26-9-11-27(12-10-26)39-31(21-29(38-39)23-15-17-36-18-16-23)24-5-4-6-25(20-24)33(42)37-30(32(35)41)19-22-7-13-28(40)14-8-22/h4-18,20-21,30,40H,19H2,1-3H3,(H2,35,41)(H,37,42)/t30-/m0/s1. The number of phenols is 1. The maximum absolute atomic E-state index is 13.3. The highest BCUT2D eigenvalue weighted by atomic mass is 16.3. The van der Waals surface area contributed by atoms with Crippen molar-refractivity contribution in [2.45, 2.75) is 38.6 Å². The molecule has 0 saturated carbocycles. The molecule has 4 N–H and O–H groups in total. The zero-order valence-corrected chi connectivity index (χ0v) is 23.8. The fraction of sp³-hybridized carbons (Fsp3) is 0.176. The summed E-state index contributed by atoms with van der Waals surface area (Å²) in [5.74, 6) is -0.951. The van der Waals surface area contributed by atoms with E-state index in [1.165, 1.54) is 17.7 Å². The Morgan fingerprint density at radius 2 is 1.60 bits per heavy atom. The Labute approximate surface area is 244 Å². The molecule has 0 unspecified atom stereocenters. The third-order valence-corrected chi connectivity index (χ3v) is 7.11. The van der Waals surface area contributed by atoms with Gasteiger partial charge in [-0.1, -0.05) is 57.2 Å². The summed E-state index contributed by atoms with van der Waals surface area (Å²) in [4.78, 5) is 29.6. The fourth-order valence-corrected chi connectivity index (χ4v) is 4.70. The Morgan fingerprint density at radius 3 is 2.24 bits per heavy atom.